The summed E-state index contributed by atoms with van der Waals surface area (Å²) >= 11 is 1.63. The number of rotatable bonds is 3. The van der Waals surface area contributed by atoms with Gasteiger partial charge < -0.3 is 9.64 Å². The molecule has 1 heterocycles. The zero-order valence-electron chi connectivity index (χ0n) is 14.3. The second-order valence-corrected chi connectivity index (χ2v) is 8.51. The zero-order chi connectivity index (χ0) is 16.3. The summed E-state index contributed by atoms with van der Waals surface area (Å²) in [6.07, 6.45) is 4.64. The highest BCUT2D eigenvalue weighted by molar-refractivity contribution is 7.99. The zero-order valence-corrected chi connectivity index (χ0v) is 15.1. The molecule has 0 bridgehead atoms. The van der Waals surface area contributed by atoms with E-state index >= 15 is 0 Å². The second-order valence-electron chi connectivity index (χ2n) is 7.51. The molecular weight excluding hydrogens is 298 g/mol. The summed E-state index contributed by atoms with van der Waals surface area (Å²) in [5.74, 6) is 1.84. The van der Waals surface area contributed by atoms with Gasteiger partial charge in [-0.05, 0) is 37.0 Å². The molecular formula is C17H29NO3S. The molecule has 0 aromatic carbocycles. The Labute approximate surface area is 138 Å². The maximum absolute atomic E-state index is 12.4. The van der Waals surface area contributed by atoms with E-state index < -0.39 is 0 Å². The lowest BCUT2D eigenvalue weighted by Crippen LogP contribution is -2.44. The first-order chi connectivity index (χ1) is 10.3. The Hall–Kier alpha value is -0.710. The molecule has 5 heteroatoms. The van der Waals surface area contributed by atoms with Gasteiger partial charge in [0, 0.05) is 12.2 Å². The molecule has 2 aliphatic rings. The third-order valence-corrected chi connectivity index (χ3v) is 5.97. The van der Waals surface area contributed by atoms with E-state index in [0.29, 0.717) is 29.4 Å². The quantitative estimate of drug-likeness (QED) is 0.745. The Morgan fingerprint density at radius 2 is 1.82 bits per heavy atom. The Morgan fingerprint density at radius 1 is 1.18 bits per heavy atom. The number of hydrogen-bond acceptors (Lipinski definition) is 4. The lowest BCUT2D eigenvalue weighted by Gasteiger charge is -2.37. The number of ether oxygens (including phenoxy) is 1. The second kappa shape index (κ2) is 7.24. The number of esters is 1. The van der Waals surface area contributed by atoms with E-state index in [1.54, 1.807) is 16.7 Å². The number of carbonyl (C=O) groups excluding carboxylic acids is 2. The lowest BCUT2D eigenvalue weighted by molar-refractivity contribution is -0.159. The van der Waals surface area contributed by atoms with Crippen molar-refractivity contribution in [3.8, 4) is 0 Å². The average molecular weight is 327 g/mol. The van der Waals surface area contributed by atoms with Gasteiger partial charge in [0.2, 0.25) is 5.91 Å². The van der Waals surface area contributed by atoms with E-state index in [9.17, 15) is 9.59 Å². The van der Waals surface area contributed by atoms with Gasteiger partial charge in [0.1, 0.15) is 12.1 Å². The van der Waals surface area contributed by atoms with Gasteiger partial charge in [0.25, 0.3) is 0 Å². The third-order valence-electron chi connectivity index (χ3n) is 4.96. The first kappa shape index (κ1) is 17.6. The molecule has 0 aromatic rings. The summed E-state index contributed by atoms with van der Waals surface area (Å²) in [5, 5.41) is 0. The first-order valence-electron chi connectivity index (χ1n) is 8.40. The van der Waals surface area contributed by atoms with Gasteiger partial charge in [-0.15, -0.1) is 11.8 Å². The monoisotopic (exact) mass is 327 g/mol. The van der Waals surface area contributed by atoms with E-state index in [-0.39, 0.29) is 24.0 Å². The molecule has 1 atom stereocenters. The summed E-state index contributed by atoms with van der Waals surface area (Å²) in [6, 6.07) is -0.377. The predicted octanol–water partition coefficient (Wildman–Crippen LogP) is 3.45. The van der Waals surface area contributed by atoms with Crippen molar-refractivity contribution in [2.45, 2.75) is 71.9 Å². The molecule has 22 heavy (non-hydrogen) atoms. The molecule has 1 saturated carbocycles. The molecule has 2 fully saturated rings. The molecule has 0 spiro atoms. The average Bonchev–Trinajstić information content (AvgIpc) is 2.95. The number of amides is 1. The van der Waals surface area contributed by atoms with Crippen LogP contribution in [0.1, 0.15) is 59.8 Å². The van der Waals surface area contributed by atoms with E-state index in [2.05, 4.69) is 20.8 Å². The van der Waals surface area contributed by atoms with Gasteiger partial charge in [-0.2, -0.15) is 0 Å². The van der Waals surface area contributed by atoms with E-state index in [0.717, 1.165) is 25.7 Å². The maximum Gasteiger partial charge on any atom is 0.330 e. The minimum Gasteiger partial charge on any atom is -0.461 e. The van der Waals surface area contributed by atoms with Crippen molar-refractivity contribution >= 4 is 23.6 Å². The highest BCUT2D eigenvalue weighted by atomic mass is 32.2. The number of hydrogen-bond donors (Lipinski definition) is 0. The minimum atomic E-state index is -0.377. The fraction of sp³-hybridized carbons (Fsp3) is 0.882. The Bertz CT molecular complexity index is 411. The maximum atomic E-state index is 12.4. The smallest absolute Gasteiger partial charge is 0.330 e. The molecule has 0 aromatic heterocycles. The highest BCUT2D eigenvalue weighted by Crippen LogP contribution is 2.38. The van der Waals surface area contributed by atoms with Crippen LogP contribution < -0.4 is 0 Å². The van der Waals surface area contributed by atoms with Crippen molar-refractivity contribution < 1.29 is 14.3 Å². The van der Waals surface area contributed by atoms with Crippen molar-refractivity contribution in [3.05, 3.63) is 0 Å². The van der Waals surface area contributed by atoms with E-state index in [1.165, 1.54) is 0 Å². The number of nitrogens with zero attached hydrogens (tertiary/aromatic N) is 1. The molecule has 1 unspecified atom stereocenters. The SMILES string of the molecule is CCC(=O)N1CSCC1C(=O)OC1CCC(C(C)(C)C)CC1. The van der Waals surface area contributed by atoms with Gasteiger partial charge in [0.05, 0.1) is 5.88 Å². The lowest BCUT2D eigenvalue weighted by atomic mass is 9.72. The normalized spacial score (nSPS) is 29.5. The van der Waals surface area contributed by atoms with Crippen molar-refractivity contribution in [3.63, 3.8) is 0 Å². The predicted molar refractivity (Wildman–Crippen MR) is 89.5 cm³/mol. The Morgan fingerprint density at radius 3 is 2.36 bits per heavy atom. The van der Waals surface area contributed by atoms with Crippen LogP contribution in [0.25, 0.3) is 0 Å². The molecule has 0 N–H and O–H groups in total. The van der Waals surface area contributed by atoms with Crippen LogP contribution in [0.2, 0.25) is 0 Å². The van der Waals surface area contributed by atoms with Crippen molar-refractivity contribution in [1.29, 1.82) is 0 Å². The van der Waals surface area contributed by atoms with Crippen molar-refractivity contribution in [2.24, 2.45) is 11.3 Å². The Kier molecular flexibility index (Phi) is 5.81. The van der Waals surface area contributed by atoms with Gasteiger partial charge in [-0.3, -0.25) is 4.79 Å². The number of thioether (sulfide) groups is 1. The molecule has 1 amide bonds. The summed E-state index contributed by atoms with van der Waals surface area (Å²) in [6.45, 7) is 8.69. The van der Waals surface area contributed by atoms with Crippen LogP contribution in [0.3, 0.4) is 0 Å². The van der Waals surface area contributed by atoms with Crippen molar-refractivity contribution in [2.75, 3.05) is 11.6 Å². The summed E-state index contributed by atoms with van der Waals surface area (Å²) in [4.78, 5) is 25.9. The summed E-state index contributed by atoms with van der Waals surface area (Å²) < 4.78 is 5.71. The van der Waals surface area contributed by atoms with Crippen LogP contribution in [0.5, 0.6) is 0 Å². The van der Waals surface area contributed by atoms with Crippen LogP contribution in [-0.2, 0) is 14.3 Å². The molecule has 1 aliphatic carbocycles. The summed E-state index contributed by atoms with van der Waals surface area (Å²) in [5.41, 5.74) is 0.335. The van der Waals surface area contributed by atoms with Gasteiger partial charge >= 0.3 is 5.97 Å². The van der Waals surface area contributed by atoms with Crippen LogP contribution in [-0.4, -0.2) is 40.6 Å². The van der Waals surface area contributed by atoms with Crippen LogP contribution in [0.4, 0.5) is 0 Å². The summed E-state index contributed by atoms with van der Waals surface area (Å²) in [7, 11) is 0. The fourth-order valence-electron chi connectivity index (χ4n) is 3.38. The standard InChI is InChI=1S/C17H29NO3S/c1-5-15(19)18-11-22-10-14(18)16(20)21-13-8-6-12(7-9-13)17(2,3)4/h12-14H,5-11H2,1-4H3. The van der Waals surface area contributed by atoms with Gasteiger partial charge in [-0.1, -0.05) is 27.7 Å². The molecule has 126 valence electrons. The minimum absolute atomic E-state index is 0.0373. The topological polar surface area (TPSA) is 46.6 Å². The van der Waals surface area contributed by atoms with Crippen LogP contribution >= 0.6 is 11.8 Å². The molecule has 1 aliphatic heterocycles. The van der Waals surface area contributed by atoms with Gasteiger partial charge in [0.15, 0.2) is 0 Å². The van der Waals surface area contributed by atoms with Gasteiger partial charge in [-0.25, -0.2) is 4.79 Å². The Balaban J connectivity index is 1.84. The number of carbonyl (C=O) groups is 2. The molecule has 4 nitrogen and oxygen atoms in total. The highest BCUT2D eigenvalue weighted by Gasteiger charge is 2.37. The van der Waals surface area contributed by atoms with E-state index in [1.807, 2.05) is 6.92 Å². The molecule has 0 radical (unpaired) electrons. The third kappa shape index (κ3) is 4.18. The molecule has 1 saturated heterocycles. The fourth-order valence-corrected chi connectivity index (χ4v) is 4.54. The van der Waals surface area contributed by atoms with E-state index in [4.69, 9.17) is 4.74 Å². The van der Waals surface area contributed by atoms with Crippen LogP contribution in [0.15, 0.2) is 0 Å². The van der Waals surface area contributed by atoms with Crippen LogP contribution in [0, 0.1) is 11.3 Å². The van der Waals surface area contributed by atoms with Crippen molar-refractivity contribution in [1.82, 2.24) is 4.90 Å². The molecule has 2 rings (SSSR count). The first-order valence-corrected chi connectivity index (χ1v) is 9.56. The largest absolute Gasteiger partial charge is 0.461 e.